The van der Waals surface area contributed by atoms with Gasteiger partial charge in [0.2, 0.25) is 0 Å². The topological polar surface area (TPSA) is 68.8 Å². The zero-order valence-electron chi connectivity index (χ0n) is 16.8. The molecule has 3 heterocycles. The van der Waals surface area contributed by atoms with E-state index in [9.17, 15) is 4.79 Å². The summed E-state index contributed by atoms with van der Waals surface area (Å²) in [6.07, 6.45) is 4.76. The number of aryl methyl sites for hydroxylation is 1. The molecule has 0 fully saturated rings. The normalized spacial score (nSPS) is 13.7. The molecule has 0 unspecified atom stereocenters. The minimum Gasteiger partial charge on any atom is -0.338 e. The van der Waals surface area contributed by atoms with Gasteiger partial charge in [0, 0.05) is 37.7 Å². The van der Waals surface area contributed by atoms with Gasteiger partial charge in [-0.1, -0.05) is 42.5 Å². The van der Waals surface area contributed by atoms with Crippen molar-refractivity contribution >= 4 is 5.91 Å². The minimum atomic E-state index is 0.0232. The van der Waals surface area contributed by atoms with Crippen LogP contribution in [0.25, 0.3) is 16.9 Å². The van der Waals surface area contributed by atoms with Crippen molar-refractivity contribution in [1.29, 1.82) is 0 Å². The second-order valence-electron chi connectivity index (χ2n) is 7.44. The Morgan fingerprint density at radius 3 is 2.40 bits per heavy atom. The van der Waals surface area contributed by atoms with Crippen LogP contribution in [0.4, 0.5) is 0 Å². The third-order valence-electron chi connectivity index (χ3n) is 5.64. The molecule has 0 spiro atoms. The molecular formula is C23H22N6O. The summed E-state index contributed by atoms with van der Waals surface area (Å²) < 4.78 is 3.74. The Labute approximate surface area is 174 Å². The standard InChI is InChI=1S/C23H22N6O/c1-27-22(17-7-3-2-4-8-17)18-11-13-28(14-12-20(18)26-27)23(30)19-9-5-6-10-21(19)29-15-24-25-16-29/h2-10,15-16H,11-14H2,1H3. The van der Waals surface area contributed by atoms with Gasteiger partial charge in [0.05, 0.1) is 22.6 Å². The van der Waals surface area contributed by atoms with E-state index in [-0.39, 0.29) is 5.91 Å². The van der Waals surface area contributed by atoms with E-state index in [4.69, 9.17) is 5.10 Å². The van der Waals surface area contributed by atoms with Crippen LogP contribution in [-0.2, 0) is 19.9 Å². The molecule has 1 amide bonds. The van der Waals surface area contributed by atoms with Crippen LogP contribution in [0.5, 0.6) is 0 Å². The van der Waals surface area contributed by atoms with Crippen molar-refractivity contribution in [2.75, 3.05) is 13.1 Å². The van der Waals surface area contributed by atoms with Crippen LogP contribution in [-0.4, -0.2) is 48.4 Å². The second kappa shape index (κ2) is 7.59. The number of amides is 1. The highest BCUT2D eigenvalue weighted by molar-refractivity contribution is 5.97. The lowest BCUT2D eigenvalue weighted by molar-refractivity contribution is 0.0762. The third kappa shape index (κ3) is 3.18. The number of hydrogen-bond acceptors (Lipinski definition) is 4. The Bertz CT molecular complexity index is 1180. The van der Waals surface area contributed by atoms with Crippen LogP contribution in [0.2, 0.25) is 0 Å². The van der Waals surface area contributed by atoms with Crippen LogP contribution in [0, 0.1) is 0 Å². The molecule has 0 radical (unpaired) electrons. The minimum absolute atomic E-state index is 0.0232. The number of carbonyl (C=O) groups excluding carboxylic acids is 1. The number of nitrogens with zero attached hydrogens (tertiary/aromatic N) is 6. The fraction of sp³-hybridized carbons (Fsp3) is 0.217. The largest absolute Gasteiger partial charge is 0.338 e. The molecule has 0 N–H and O–H groups in total. The molecule has 1 aliphatic heterocycles. The Kier molecular flexibility index (Phi) is 4.63. The van der Waals surface area contributed by atoms with Crippen molar-refractivity contribution in [2.24, 2.45) is 7.05 Å². The SMILES string of the molecule is Cn1nc2c(c1-c1ccccc1)CCN(C(=O)c1ccccc1-n1cnnc1)CC2. The number of carbonyl (C=O) groups is 1. The summed E-state index contributed by atoms with van der Waals surface area (Å²) in [7, 11) is 2.00. The fourth-order valence-electron chi connectivity index (χ4n) is 4.22. The highest BCUT2D eigenvalue weighted by Crippen LogP contribution is 2.29. The van der Waals surface area contributed by atoms with Gasteiger partial charge in [0.1, 0.15) is 12.7 Å². The average Bonchev–Trinajstić information content (AvgIpc) is 3.37. The quantitative estimate of drug-likeness (QED) is 0.532. The maximum atomic E-state index is 13.4. The second-order valence-corrected chi connectivity index (χ2v) is 7.44. The summed E-state index contributed by atoms with van der Waals surface area (Å²) in [5.41, 5.74) is 6.07. The first kappa shape index (κ1) is 18.3. The number of para-hydroxylation sites is 1. The molecule has 1 aliphatic rings. The van der Waals surface area contributed by atoms with Crippen LogP contribution in [0.3, 0.4) is 0 Å². The van der Waals surface area contributed by atoms with E-state index in [1.54, 1.807) is 17.2 Å². The predicted molar refractivity (Wildman–Crippen MR) is 113 cm³/mol. The van der Waals surface area contributed by atoms with Crippen LogP contribution < -0.4 is 0 Å². The summed E-state index contributed by atoms with van der Waals surface area (Å²) in [4.78, 5) is 15.3. The molecule has 150 valence electrons. The van der Waals surface area contributed by atoms with Crippen LogP contribution >= 0.6 is 0 Å². The molecule has 0 saturated carbocycles. The van der Waals surface area contributed by atoms with E-state index in [0.717, 1.165) is 35.5 Å². The number of fused-ring (bicyclic) bond motifs is 1. The molecule has 0 aliphatic carbocycles. The van der Waals surface area contributed by atoms with Gasteiger partial charge in [-0.3, -0.25) is 14.0 Å². The van der Waals surface area contributed by atoms with Gasteiger partial charge < -0.3 is 4.90 Å². The van der Waals surface area contributed by atoms with Gasteiger partial charge in [-0.05, 0) is 18.6 Å². The Morgan fingerprint density at radius 2 is 1.60 bits per heavy atom. The first-order valence-corrected chi connectivity index (χ1v) is 10.1. The van der Waals surface area contributed by atoms with Crippen molar-refractivity contribution in [3.63, 3.8) is 0 Å². The lowest BCUT2D eigenvalue weighted by Crippen LogP contribution is -2.34. The number of aromatic nitrogens is 5. The Balaban J connectivity index is 1.43. The molecule has 2 aromatic carbocycles. The highest BCUT2D eigenvalue weighted by atomic mass is 16.2. The van der Waals surface area contributed by atoms with Crippen LogP contribution in [0.15, 0.2) is 67.3 Å². The van der Waals surface area contributed by atoms with E-state index < -0.39 is 0 Å². The van der Waals surface area contributed by atoms with Gasteiger partial charge in [-0.15, -0.1) is 10.2 Å². The Hall–Kier alpha value is -3.74. The zero-order valence-corrected chi connectivity index (χ0v) is 16.8. The molecule has 30 heavy (non-hydrogen) atoms. The average molecular weight is 398 g/mol. The highest BCUT2D eigenvalue weighted by Gasteiger charge is 2.26. The van der Waals surface area contributed by atoms with Gasteiger partial charge >= 0.3 is 0 Å². The smallest absolute Gasteiger partial charge is 0.256 e. The fourth-order valence-corrected chi connectivity index (χ4v) is 4.22. The van der Waals surface area contributed by atoms with E-state index in [1.165, 1.54) is 5.56 Å². The maximum absolute atomic E-state index is 13.4. The first-order valence-electron chi connectivity index (χ1n) is 10.1. The maximum Gasteiger partial charge on any atom is 0.256 e. The van der Waals surface area contributed by atoms with Gasteiger partial charge in [0.15, 0.2) is 0 Å². The van der Waals surface area contributed by atoms with Crippen molar-refractivity contribution in [3.05, 3.63) is 84.1 Å². The Morgan fingerprint density at radius 1 is 0.900 bits per heavy atom. The summed E-state index contributed by atoms with van der Waals surface area (Å²) in [5.74, 6) is 0.0232. The summed E-state index contributed by atoms with van der Waals surface area (Å²) in [5, 5.41) is 12.5. The summed E-state index contributed by atoms with van der Waals surface area (Å²) in [6, 6.07) is 17.9. The molecule has 0 bridgehead atoms. The van der Waals surface area contributed by atoms with Crippen molar-refractivity contribution in [1.82, 2.24) is 29.4 Å². The van der Waals surface area contributed by atoms with Gasteiger partial charge in [0.25, 0.3) is 5.91 Å². The van der Waals surface area contributed by atoms with E-state index in [0.29, 0.717) is 18.7 Å². The molecule has 2 aromatic heterocycles. The summed E-state index contributed by atoms with van der Waals surface area (Å²) >= 11 is 0. The first-order chi connectivity index (χ1) is 14.7. The van der Waals surface area contributed by atoms with Crippen molar-refractivity contribution < 1.29 is 4.79 Å². The number of hydrogen-bond donors (Lipinski definition) is 0. The van der Waals surface area contributed by atoms with Crippen molar-refractivity contribution in [2.45, 2.75) is 12.8 Å². The molecule has 7 heteroatoms. The van der Waals surface area contributed by atoms with E-state index in [1.807, 2.05) is 59.1 Å². The molecule has 0 atom stereocenters. The van der Waals surface area contributed by atoms with Gasteiger partial charge in [-0.2, -0.15) is 5.10 Å². The molecule has 5 rings (SSSR count). The molecular weight excluding hydrogens is 376 g/mol. The molecule has 0 saturated heterocycles. The molecule has 4 aromatic rings. The third-order valence-corrected chi connectivity index (χ3v) is 5.64. The monoisotopic (exact) mass is 398 g/mol. The summed E-state index contributed by atoms with van der Waals surface area (Å²) in [6.45, 7) is 1.31. The van der Waals surface area contributed by atoms with E-state index in [2.05, 4.69) is 22.3 Å². The zero-order chi connectivity index (χ0) is 20.5. The van der Waals surface area contributed by atoms with Gasteiger partial charge in [-0.25, -0.2) is 0 Å². The lowest BCUT2D eigenvalue weighted by atomic mass is 10.0. The number of benzene rings is 2. The lowest BCUT2D eigenvalue weighted by Gasteiger charge is -2.22. The number of rotatable bonds is 3. The molecule has 7 nitrogen and oxygen atoms in total. The van der Waals surface area contributed by atoms with Crippen molar-refractivity contribution in [3.8, 4) is 16.9 Å². The van der Waals surface area contributed by atoms with E-state index >= 15 is 0 Å². The van der Waals surface area contributed by atoms with Crippen LogP contribution in [0.1, 0.15) is 21.6 Å². The predicted octanol–water partition coefficient (Wildman–Crippen LogP) is 2.91.